The summed E-state index contributed by atoms with van der Waals surface area (Å²) in [6.45, 7) is 19.5. The smallest absolute Gasteiger partial charge is 0.0358 e. The van der Waals surface area contributed by atoms with Gasteiger partial charge in [-0.05, 0) is 45.9 Å². The highest BCUT2D eigenvalue weighted by molar-refractivity contribution is 8.03. The predicted molar refractivity (Wildman–Crippen MR) is 88.7 cm³/mol. The zero-order valence-corrected chi connectivity index (χ0v) is 14.2. The van der Waals surface area contributed by atoms with Crippen LogP contribution in [0.4, 0.5) is 5.69 Å². The SMILES string of the molecule is C=C(Sc1cc(C(C)(C)C)cc(N)c1C)C(C)(C)C. The number of nitrogen functional groups attached to an aromatic ring is 1. The van der Waals surface area contributed by atoms with E-state index >= 15 is 0 Å². The first kappa shape index (κ1) is 16.2. The highest BCUT2D eigenvalue weighted by atomic mass is 32.2. The molecule has 19 heavy (non-hydrogen) atoms. The Morgan fingerprint density at radius 2 is 1.63 bits per heavy atom. The fraction of sp³-hybridized carbons (Fsp3) is 0.529. The molecule has 1 aromatic carbocycles. The van der Waals surface area contributed by atoms with Gasteiger partial charge in [0, 0.05) is 10.6 Å². The van der Waals surface area contributed by atoms with Crippen LogP contribution < -0.4 is 5.73 Å². The minimum Gasteiger partial charge on any atom is -0.398 e. The molecule has 0 aliphatic rings. The first-order chi connectivity index (χ1) is 8.43. The zero-order chi connectivity index (χ0) is 15.0. The molecule has 1 aromatic rings. The lowest BCUT2D eigenvalue weighted by molar-refractivity contribution is 0.535. The zero-order valence-electron chi connectivity index (χ0n) is 13.3. The quantitative estimate of drug-likeness (QED) is 0.568. The van der Waals surface area contributed by atoms with Crippen LogP contribution in [0.2, 0.25) is 0 Å². The molecule has 0 fully saturated rings. The standard InChI is InChI=1S/C17H27NS/c1-11-14(18)9-13(17(6,7)8)10-15(11)19-12(2)16(3,4)5/h9-10H,2,18H2,1,3-8H3. The van der Waals surface area contributed by atoms with E-state index in [9.17, 15) is 0 Å². The number of hydrogen-bond donors (Lipinski definition) is 1. The van der Waals surface area contributed by atoms with Crippen molar-refractivity contribution < 1.29 is 0 Å². The monoisotopic (exact) mass is 277 g/mol. The highest BCUT2D eigenvalue weighted by Gasteiger charge is 2.20. The first-order valence-electron chi connectivity index (χ1n) is 6.71. The predicted octanol–water partition coefficient (Wildman–Crippen LogP) is 5.53. The van der Waals surface area contributed by atoms with Gasteiger partial charge in [0.1, 0.15) is 0 Å². The summed E-state index contributed by atoms with van der Waals surface area (Å²) >= 11 is 1.75. The molecule has 0 aliphatic heterocycles. The number of rotatable bonds is 2. The summed E-state index contributed by atoms with van der Waals surface area (Å²) in [5, 5.41) is 0. The van der Waals surface area contributed by atoms with Crippen molar-refractivity contribution in [2.75, 3.05) is 5.73 Å². The van der Waals surface area contributed by atoms with Crippen molar-refractivity contribution in [1.82, 2.24) is 0 Å². The maximum absolute atomic E-state index is 6.16. The largest absolute Gasteiger partial charge is 0.398 e. The van der Waals surface area contributed by atoms with E-state index < -0.39 is 0 Å². The molecule has 1 nitrogen and oxygen atoms in total. The minimum absolute atomic E-state index is 0.101. The summed E-state index contributed by atoms with van der Waals surface area (Å²) in [4.78, 5) is 2.39. The van der Waals surface area contributed by atoms with Crippen LogP contribution in [-0.4, -0.2) is 0 Å². The van der Waals surface area contributed by atoms with Crippen molar-refractivity contribution >= 4 is 17.4 Å². The van der Waals surface area contributed by atoms with Gasteiger partial charge in [0.25, 0.3) is 0 Å². The summed E-state index contributed by atoms with van der Waals surface area (Å²) in [6.07, 6.45) is 0. The molecule has 0 bridgehead atoms. The third kappa shape index (κ3) is 4.04. The van der Waals surface area contributed by atoms with Gasteiger partial charge >= 0.3 is 0 Å². The van der Waals surface area contributed by atoms with Crippen LogP contribution in [-0.2, 0) is 5.41 Å². The Morgan fingerprint density at radius 1 is 1.11 bits per heavy atom. The molecule has 0 saturated carbocycles. The molecular formula is C17H27NS. The van der Waals surface area contributed by atoms with Gasteiger partial charge in [-0.15, -0.1) is 0 Å². The summed E-state index contributed by atoms with van der Waals surface area (Å²) in [5.41, 5.74) is 9.68. The van der Waals surface area contributed by atoms with Crippen molar-refractivity contribution in [3.63, 3.8) is 0 Å². The second kappa shape index (κ2) is 5.24. The Morgan fingerprint density at radius 3 is 2.05 bits per heavy atom. The van der Waals surface area contributed by atoms with E-state index in [1.165, 1.54) is 15.4 Å². The Kier molecular flexibility index (Phi) is 4.46. The molecule has 0 aromatic heterocycles. The third-order valence-electron chi connectivity index (χ3n) is 3.34. The van der Waals surface area contributed by atoms with E-state index in [1.54, 1.807) is 11.8 Å². The van der Waals surface area contributed by atoms with Gasteiger partial charge in [0.2, 0.25) is 0 Å². The van der Waals surface area contributed by atoms with Gasteiger partial charge in [0.15, 0.2) is 0 Å². The molecule has 2 N–H and O–H groups in total. The first-order valence-corrected chi connectivity index (χ1v) is 7.52. The van der Waals surface area contributed by atoms with E-state index in [2.05, 4.69) is 67.2 Å². The fourth-order valence-electron chi connectivity index (χ4n) is 1.53. The van der Waals surface area contributed by atoms with E-state index in [-0.39, 0.29) is 10.8 Å². The maximum Gasteiger partial charge on any atom is 0.0358 e. The molecule has 0 saturated heterocycles. The second-order valence-corrected chi connectivity index (χ2v) is 8.35. The maximum atomic E-state index is 6.16. The Balaban J connectivity index is 3.21. The van der Waals surface area contributed by atoms with E-state index in [1.807, 2.05) is 0 Å². The average Bonchev–Trinajstić information content (AvgIpc) is 2.21. The average molecular weight is 277 g/mol. The van der Waals surface area contributed by atoms with Crippen LogP contribution >= 0.6 is 11.8 Å². The van der Waals surface area contributed by atoms with E-state index in [0.29, 0.717) is 0 Å². The van der Waals surface area contributed by atoms with Crippen LogP contribution in [0.15, 0.2) is 28.5 Å². The summed E-state index contributed by atoms with van der Waals surface area (Å²) in [5.74, 6) is 0. The normalized spacial score (nSPS) is 12.6. The van der Waals surface area contributed by atoms with Gasteiger partial charge in [-0.25, -0.2) is 0 Å². The molecule has 0 aliphatic carbocycles. The van der Waals surface area contributed by atoms with Gasteiger partial charge in [-0.1, -0.05) is 59.9 Å². The van der Waals surface area contributed by atoms with Crippen LogP contribution in [0.1, 0.15) is 52.7 Å². The number of nitrogens with two attached hydrogens (primary N) is 1. The molecule has 0 radical (unpaired) electrons. The van der Waals surface area contributed by atoms with Gasteiger partial charge in [0.05, 0.1) is 0 Å². The second-order valence-electron chi connectivity index (χ2n) is 7.21. The van der Waals surface area contributed by atoms with Crippen LogP contribution in [0.3, 0.4) is 0 Å². The minimum atomic E-state index is 0.101. The Hall–Kier alpha value is -0.890. The molecule has 0 spiro atoms. The molecular weight excluding hydrogens is 250 g/mol. The molecule has 1 rings (SSSR count). The number of hydrogen-bond acceptors (Lipinski definition) is 2. The molecule has 0 atom stereocenters. The van der Waals surface area contributed by atoms with Crippen LogP contribution in [0.25, 0.3) is 0 Å². The van der Waals surface area contributed by atoms with Crippen molar-refractivity contribution in [1.29, 1.82) is 0 Å². The van der Waals surface area contributed by atoms with E-state index in [4.69, 9.17) is 5.73 Å². The van der Waals surface area contributed by atoms with Crippen LogP contribution in [0, 0.1) is 12.3 Å². The van der Waals surface area contributed by atoms with Gasteiger partial charge < -0.3 is 5.73 Å². The summed E-state index contributed by atoms with van der Waals surface area (Å²) in [6, 6.07) is 4.35. The summed E-state index contributed by atoms with van der Waals surface area (Å²) < 4.78 is 0. The number of benzene rings is 1. The molecule has 106 valence electrons. The van der Waals surface area contributed by atoms with Crippen molar-refractivity contribution in [3.05, 3.63) is 34.7 Å². The van der Waals surface area contributed by atoms with Crippen molar-refractivity contribution in [2.24, 2.45) is 5.41 Å². The lowest BCUT2D eigenvalue weighted by Crippen LogP contribution is -2.12. The number of allylic oxidation sites excluding steroid dienone is 1. The van der Waals surface area contributed by atoms with Crippen molar-refractivity contribution in [3.8, 4) is 0 Å². The molecule has 0 amide bonds. The van der Waals surface area contributed by atoms with E-state index in [0.717, 1.165) is 11.3 Å². The molecule has 0 unspecified atom stereocenters. The highest BCUT2D eigenvalue weighted by Crippen LogP contribution is 2.41. The third-order valence-corrected chi connectivity index (χ3v) is 4.84. The van der Waals surface area contributed by atoms with Crippen molar-refractivity contribution in [2.45, 2.75) is 58.8 Å². The summed E-state index contributed by atoms with van der Waals surface area (Å²) in [7, 11) is 0. The number of thioether (sulfide) groups is 1. The molecule has 0 heterocycles. The van der Waals surface area contributed by atoms with Crippen LogP contribution in [0.5, 0.6) is 0 Å². The fourth-order valence-corrected chi connectivity index (χ4v) is 2.56. The van der Waals surface area contributed by atoms with Gasteiger partial charge in [-0.3, -0.25) is 0 Å². The molecule has 2 heteroatoms. The Bertz CT molecular complexity index is 487. The lowest BCUT2D eigenvalue weighted by atomic mass is 9.86. The lowest BCUT2D eigenvalue weighted by Gasteiger charge is -2.25. The number of anilines is 1. The Labute approximate surface area is 122 Å². The van der Waals surface area contributed by atoms with Gasteiger partial charge in [-0.2, -0.15) is 0 Å². The topological polar surface area (TPSA) is 26.0 Å².